The van der Waals surface area contributed by atoms with Crippen molar-refractivity contribution in [1.82, 2.24) is 15.0 Å². The monoisotopic (exact) mass is 555 g/mol. The molecule has 0 radical (unpaired) electrons. The molecule has 0 aliphatic rings. The largest absolute Gasteiger partial charge is 0.493 e. The summed E-state index contributed by atoms with van der Waals surface area (Å²) in [6, 6.07) is 27.7. The second kappa shape index (κ2) is 14.0. The number of ether oxygens (including phenoxy) is 2. The molecule has 0 aliphatic carbocycles. The van der Waals surface area contributed by atoms with Crippen LogP contribution in [0.2, 0.25) is 0 Å². The Hall–Kier alpha value is -5.10. The third kappa shape index (κ3) is 6.96. The first-order valence-corrected chi connectivity index (χ1v) is 14.2. The van der Waals surface area contributed by atoms with E-state index < -0.39 is 0 Å². The van der Waals surface area contributed by atoms with Crippen LogP contribution < -0.4 is 9.47 Å². The minimum atomic E-state index is 0.489. The maximum atomic E-state index is 11.7. The van der Waals surface area contributed by atoms with Crippen LogP contribution in [0.5, 0.6) is 11.5 Å². The van der Waals surface area contributed by atoms with Crippen LogP contribution in [0.3, 0.4) is 0 Å². The lowest BCUT2D eigenvalue weighted by Gasteiger charge is -2.13. The molecule has 0 fully saturated rings. The maximum Gasteiger partial charge on any atom is 0.153 e. The molecule has 3 heterocycles. The summed E-state index contributed by atoms with van der Waals surface area (Å²) in [5.74, 6) is 1.23. The summed E-state index contributed by atoms with van der Waals surface area (Å²) in [7, 11) is 0. The zero-order chi connectivity index (χ0) is 29.1. The summed E-state index contributed by atoms with van der Waals surface area (Å²) >= 11 is 0. The van der Waals surface area contributed by atoms with Crippen molar-refractivity contribution in [3.8, 4) is 45.4 Å². The summed E-state index contributed by atoms with van der Waals surface area (Å²) in [5.41, 5.74) is 7.65. The molecular weight excluding hydrogens is 522 g/mol. The van der Waals surface area contributed by atoms with E-state index in [9.17, 15) is 4.79 Å². The molecule has 5 aromatic rings. The molecule has 210 valence electrons. The molecule has 0 aliphatic heterocycles. The quantitative estimate of drug-likeness (QED) is 0.114. The van der Waals surface area contributed by atoms with Crippen molar-refractivity contribution < 1.29 is 14.3 Å². The molecular formula is C36H33N3O3. The topological polar surface area (TPSA) is 74.2 Å². The molecule has 0 spiro atoms. The van der Waals surface area contributed by atoms with E-state index in [2.05, 4.69) is 53.3 Å². The smallest absolute Gasteiger partial charge is 0.153 e. The van der Waals surface area contributed by atoms with Gasteiger partial charge in [-0.15, -0.1) is 0 Å². The Bertz CT molecular complexity index is 1590. The fraction of sp³-hybridized carbons (Fsp3) is 0.167. The van der Waals surface area contributed by atoms with Crippen molar-refractivity contribution >= 4 is 18.4 Å². The van der Waals surface area contributed by atoms with Gasteiger partial charge in [-0.3, -0.25) is 14.8 Å². The summed E-state index contributed by atoms with van der Waals surface area (Å²) in [5, 5.41) is 0. The Morgan fingerprint density at radius 3 is 1.71 bits per heavy atom. The van der Waals surface area contributed by atoms with Crippen LogP contribution in [-0.2, 0) is 0 Å². The summed E-state index contributed by atoms with van der Waals surface area (Å²) < 4.78 is 11.8. The van der Waals surface area contributed by atoms with E-state index in [-0.39, 0.29) is 0 Å². The van der Waals surface area contributed by atoms with Gasteiger partial charge in [0.05, 0.1) is 41.6 Å². The van der Waals surface area contributed by atoms with E-state index in [4.69, 9.17) is 14.5 Å². The number of benzene rings is 2. The predicted octanol–water partition coefficient (Wildman–Crippen LogP) is 8.43. The van der Waals surface area contributed by atoms with Gasteiger partial charge in [0, 0.05) is 18.0 Å². The van der Waals surface area contributed by atoms with Crippen LogP contribution in [0, 0.1) is 0 Å². The van der Waals surface area contributed by atoms with Crippen molar-refractivity contribution in [3.05, 3.63) is 114 Å². The molecule has 0 atom stereocenters. The molecule has 0 saturated heterocycles. The minimum Gasteiger partial charge on any atom is -0.493 e. The highest BCUT2D eigenvalue weighted by atomic mass is 16.5. The fourth-order valence-electron chi connectivity index (χ4n) is 4.45. The molecule has 6 heteroatoms. The van der Waals surface area contributed by atoms with Gasteiger partial charge >= 0.3 is 0 Å². The number of hydrogen-bond donors (Lipinski definition) is 0. The molecule has 0 unspecified atom stereocenters. The molecule has 0 amide bonds. The van der Waals surface area contributed by atoms with Gasteiger partial charge in [-0.2, -0.15) is 0 Å². The zero-order valence-corrected chi connectivity index (χ0v) is 23.9. The summed E-state index contributed by atoms with van der Waals surface area (Å²) in [6.07, 6.45) is 10.1. The first-order chi connectivity index (χ1) is 20.7. The molecule has 6 nitrogen and oxygen atoms in total. The van der Waals surface area contributed by atoms with E-state index in [1.54, 1.807) is 18.5 Å². The first-order valence-electron chi connectivity index (χ1n) is 14.2. The number of hydrogen-bond acceptors (Lipinski definition) is 6. The predicted molar refractivity (Wildman–Crippen MR) is 168 cm³/mol. The lowest BCUT2D eigenvalue weighted by Crippen LogP contribution is -2.02. The van der Waals surface area contributed by atoms with Crippen molar-refractivity contribution in [2.75, 3.05) is 13.2 Å². The van der Waals surface area contributed by atoms with Crippen LogP contribution in [0.15, 0.2) is 97.3 Å². The SMILES string of the molecule is CCCOc1cc(/C=C/c2ccc(-c3cc(-c4ccccn4)nc(-c4ccccn4)c3)cc2)c(OCCC)cc1C=O. The maximum absolute atomic E-state index is 11.7. The van der Waals surface area contributed by atoms with Gasteiger partial charge in [-0.05, 0) is 78.1 Å². The number of carbonyl (C=O) groups is 1. The lowest BCUT2D eigenvalue weighted by molar-refractivity contribution is 0.111. The molecule has 0 bridgehead atoms. The van der Waals surface area contributed by atoms with E-state index >= 15 is 0 Å². The van der Waals surface area contributed by atoms with E-state index in [1.807, 2.05) is 61.5 Å². The van der Waals surface area contributed by atoms with Gasteiger partial charge in [0.1, 0.15) is 11.5 Å². The number of carbonyl (C=O) groups excluding carboxylic acids is 1. The van der Waals surface area contributed by atoms with Gasteiger partial charge in [-0.1, -0.05) is 62.4 Å². The Kier molecular flexibility index (Phi) is 9.47. The first kappa shape index (κ1) is 28.4. The van der Waals surface area contributed by atoms with Gasteiger partial charge in [0.2, 0.25) is 0 Å². The molecule has 0 N–H and O–H groups in total. The Balaban J connectivity index is 1.46. The standard InChI is InChI=1S/C36H33N3O3/c1-3-19-41-35-24-30(25-40)36(42-20-4-2)23-28(35)16-13-26-11-14-27(15-12-26)29-21-33(31-9-5-7-17-37-31)39-34(22-29)32-10-6-8-18-38-32/h5-18,21-25H,3-4,19-20H2,1-2H3/b16-13+. The second-order valence-electron chi connectivity index (χ2n) is 9.75. The van der Waals surface area contributed by atoms with E-state index in [1.165, 1.54) is 0 Å². The number of pyridine rings is 3. The van der Waals surface area contributed by atoms with E-state index in [0.29, 0.717) is 30.3 Å². The van der Waals surface area contributed by atoms with E-state index in [0.717, 1.165) is 64.2 Å². The number of aromatic nitrogens is 3. The molecule has 3 aromatic heterocycles. The Morgan fingerprint density at radius 2 is 1.19 bits per heavy atom. The van der Waals surface area contributed by atoms with Crippen molar-refractivity contribution in [2.24, 2.45) is 0 Å². The van der Waals surface area contributed by atoms with Gasteiger partial charge in [0.25, 0.3) is 0 Å². The fourth-order valence-corrected chi connectivity index (χ4v) is 4.45. The highest BCUT2D eigenvalue weighted by Gasteiger charge is 2.12. The lowest BCUT2D eigenvalue weighted by atomic mass is 10.0. The molecule has 42 heavy (non-hydrogen) atoms. The van der Waals surface area contributed by atoms with Gasteiger partial charge < -0.3 is 9.47 Å². The van der Waals surface area contributed by atoms with Crippen LogP contribution in [0.1, 0.15) is 48.2 Å². The van der Waals surface area contributed by atoms with Gasteiger partial charge in [0.15, 0.2) is 6.29 Å². The number of aldehydes is 1. The third-order valence-electron chi connectivity index (χ3n) is 6.57. The molecule has 2 aromatic carbocycles. The molecule has 5 rings (SSSR count). The average Bonchev–Trinajstić information content (AvgIpc) is 3.06. The third-order valence-corrected chi connectivity index (χ3v) is 6.57. The zero-order valence-electron chi connectivity index (χ0n) is 23.9. The summed E-state index contributed by atoms with van der Waals surface area (Å²) in [6.45, 7) is 5.20. The van der Waals surface area contributed by atoms with Gasteiger partial charge in [-0.25, -0.2) is 4.98 Å². The van der Waals surface area contributed by atoms with Crippen LogP contribution >= 0.6 is 0 Å². The van der Waals surface area contributed by atoms with Crippen LogP contribution in [0.25, 0.3) is 46.1 Å². The number of nitrogens with zero attached hydrogens (tertiary/aromatic N) is 3. The molecule has 0 saturated carbocycles. The van der Waals surface area contributed by atoms with Crippen molar-refractivity contribution in [3.63, 3.8) is 0 Å². The van der Waals surface area contributed by atoms with Crippen LogP contribution in [-0.4, -0.2) is 34.5 Å². The van der Waals surface area contributed by atoms with Crippen molar-refractivity contribution in [1.29, 1.82) is 0 Å². The highest BCUT2D eigenvalue weighted by Crippen LogP contribution is 2.32. The summed E-state index contributed by atoms with van der Waals surface area (Å²) in [4.78, 5) is 25.6. The number of rotatable bonds is 12. The second-order valence-corrected chi connectivity index (χ2v) is 9.75. The Morgan fingerprint density at radius 1 is 0.619 bits per heavy atom. The Labute approximate surface area is 246 Å². The van der Waals surface area contributed by atoms with Crippen molar-refractivity contribution in [2.45, 2.75) is 26.7 Å². The van der Waals surface area contributed by atoms with Crippen LogP contribution in [0.4, 0.5) is 0 Å². The normalized spacial score (nSPS) is 11.0. The average molecular weight is 556 g/mol. The highest BCUT2D eigenvalue weighted by molar-refractivity contribution is 5.84. The minimum absolute atomic E-state index is 0.489.